The first kappa shape index (κ1) is 19.2. The molecule has 2 aromatic carbocycles. The fourth-order valence-electron chi connectivity index (χ4n) is 2.34. The van der Waals surface area contributed by atoms with Crippen molar-refractivity contribution in [1.82, 2.24) is 10.4 Å². The van der Waals surface area contributed by atoms with E-state index >= 15 is 0 Å². The van der Waals surface area contributed by atoms with Crippen LogP contribution in [0.25, 0.3) is 11.3 Å². The molecular formula is C20H17N3O4S. The van der Waals surface area contributed by atoms with Crippen LogP contribution in [0, 0.1) is 0 Å². The minimum Gasteiger partial charge on any atom is -0.481 e. The topological polar surface area (TPSA) is 101 Å². The first-order chi connectivity index (χ1) is 13.6. The number of hydrazone groups is 1. The van der Waals surface area contributed by atoms with Crippen LogP contribution in [0.1, 0.15) is 10.6 Å². The third kappa shape index (κ3) is 5.49. The number of aromatic nitrogens is 1. The second-order valence-corrected chi connectivity index (χ2v) is 6.63. The maximum atomic E-state index is 12.1. The number of aliphatic carboxylic acids is 1. The smallest absolute Gasteiger partial charge is 0.341 e. The molecule has 3 rings (SSSR count). The molecule has 7 nitrogen and oxygen atoms in total. The number of ether oxygens (including phenoxy) is 1. The number of hydrogen-bond acceptors (Lipinski definition) is 6. The van der Waals surface area contributed by atoms with Gasteiger partial charge in [0.2, 0.25) is 5.91 Å². The van der Waals surface area contributed by atoms with Crippen molar-refractivity contribution in [3.8, 4) is 17.0 Å². The van der Waals surface area contributed by atoms with Crippen LogP contribution in [0.15, 0.2) is 65.1 Å². The molecule has 2 N–H and O–H groups in total. The van der Waals surface area contributed by atoms with Gasteiger partial charge in [0.15, 0.2) is 6.61 Å². The summed E-state index contributed by atoms with van der Waals surface area (Å²) in [7, 11) is 0. The number of carboxylic acids is 1. The lowest BCUT2D eigenvalue weighted by Gasteiger charge is -2.06. The number of para-hydroxylation sites is 1. The second-order valence-electron chi connectivity index (χ2n) is 5.68. The van der Waals surface area contributed by atoms with Gasteiger partial charge >= 0.3 is 5.97 Å². The summed E-state index contributed by atoms with van der Waals surface area (Å²) in [4.78, 5) is 27.2. The number of carboxylic acid groups (broad SMARTS) is 1. The Hall–Kier alpha value is -3.52. The van der Waals surface area contributed by atoms with Gasteiger partial charge in [-0.3, -0.25) is 4.79 Å². The summed E-state index contributed by atoms with van der Waals surface area (Å²) in [5, 5.41) is 15.2. The van der Waals surface area contributed by atoms with Crippen LogP contribution in [-0.4, -0.2) is 34.8 Å². The Morgan fingerprint density at radius 3 is 2.68 bits per heavy atom. The fourth-order valence-corrected chi connectivity index (χ4v) is 3.14. The number of carbonyl (C=O) groups is 2. The Balaban J connectivity index is 1.56. The standard InChI is InChI=1S/C20H17N3O4S/c24-18(10-19-22-16(13-28-19)14-6-2-1-3-7-14)23-21-11-15-8-4-5-9-17(15)27-12-20(25)26/h1-9,11,13H,10,12H2,(H,23,24)(H,25,26)/b21-11-. The van der Waals surface area contributed by atoms with Crippen LogP contribution >= 0.6 is 11.3 Å². The molecule has 0 saturated heterocycles. The highest BCUT2D eigenvalue weighted by molar-refractivity contribution is 7.10. The highest BCUT2D eigenvalue weighted by Crippen LogP contribution is 2.21. The van der Waals surface area contributed by atoms with Gasteiger partial charge in [0.1, 0.15) is 10.8 Å². The van der Waals surface area contributed by atoms with Crippen molar-refractivity contribution in [2.75, 3.05) is 6.61 Å². The van der Waals surface area contributed by atoms with Crippen molar-refractivity contribution in [3.63, 3.8) is 0 Å². The Labute approximate surface area is 165 Å². The van der Waals surface area contributed by atoms with E-state index in [4.69, 9.17) is 9.84 Å². The van der Waals surface area contributed by atoms with E-state index in [9.17, 15) is 9.59 Å². The third-order valence-corrected chi connectivity index (χ3v) is 4.44. The van der Waals surface area contributed by atoms with Crippen LogP contribution in [0.3, 0.4) is 0 Å². The minimum absolute atomic E-state index is 0.117. The predicted molar refractivity (Wildman–Crippen MR) is 107 cm³/mol. The Kier molecular flexibility index (Phi) is 6.48. The van der Waals surface area contributed by atoms with Crippen molar-refractivity contribution in [2.45, 2.75) is 6.42 Å². The van der Waals surface area contributed by atoms with Crippen molar-refractivity contribution >= 4 is 29.4 Å². The normalized spacial score (nSPS) is 10.7. The van der Waals surface area contributed by atoms with Crippen molar-refractivity contribution < 1.29 is 19.4 Å². The number of thiazole rings is 1. The first-order valence-corrected chi connectivity index (χ1v) is 9.25. The van der Waals surface area contributed by atoms with Gasteiger partial charge in [-0.15, -0.1) is 11.3 Å². The van der Waals surface area contributed by atoms with E-state index in [1.165, 1.54) is 17.6 Å². The highest BCUT2D eigenvalue weighted by atomic mass is 32.1. The molecule has 1 heterocycles. The van der Waals surface area contributed by atoms with E-state index in [0.29, 0.717) is 16.3 Å². The Morgan fingerprint density at radius 2 is 1.89 bits per heavy atom. The number of nitrogens with one attached hydrogen (secondary N) is 1. The zero-order valence-electron chi connectivity index (χ0n) is 14.7. The molecule has 142 valence electrons. The maximum Gasteiger partial charge on any atom is 0.341 e. The van der Waals surface area contributed by atoms with E-state index in [1.807, 2.05) is 35.7 Å². The molecule has 0 spiro atoms. The zero-order chi connectivity index (χ0) is 19.8. The van der Waals surface area contributed by atoms with Crippen LogP contribution < -0.4 is 10.2 Å². The molecule has 0 aliphatic rings. The monoisotopic (exact) mass is 395 g/mol. The molecule has 0 saturated carbocycles. The molecule has 1 aromatic heterocycles. The van der Waals surface area contributed by atoms with Crippen LogP contribution in [0.5, 0.6) is 5.75 Å². The van der Waals surface area contributed by atoms with E-state index in [1.54, 1.807) is 24.3 Å². The van der Waals surface area contributed by atoms with Gasteiger partial charge in [-0.05, 0) is 12.1 Å². The number of hydrogen-bond donors (Lipinski definition) is 2. The van der Waals surface area contributed by atoms with Gasteiger partial charge in [-0.2, -0.15) is 5.10 Å². The van der Waals surface area contributed by atoms with E-state index in [2.05, 4.69) is 15.5 Å². The SMILES string of the molecule is O=C(O)COc1ccccc1/C=N\NC(=O)Cc1nc(-c2ccccc2)cs1. The molecule has 0 radical (unpaired) electrons. The predicted octanol–water partition coefficient (Wildman–Crippen LogP) is 2.97. The molecule has 0 unspecified atom stereocenters. The van der Waals surface area contributed by atoms with Crippen molar-refractivity contribution in [1.29, 1.82) is 0 Å². The lowest BCUT2D eigenvalue weighted by atomic mass is 10.2. The number of rotatable bonds is 8. The maximum absolute atomic E-state index is 12.1. The Bertz CT molecular complexity index is 986. The van der Waals surface area contributed by atoms with Gasteiger partial charge in [-0.1, -0.05) is 42.5 Å². The average Bonchev–Trinajstić information content (AvgIpc) is 3.16. The summed E-state index contributed by atoms with van der Waals surface area (Å²) in [6.45, 7) is -0.453. The van der Waals surface area contributed by atoms with E-state index in [0.717, 1.165) is 11.3 Å². The fraction of sp³-hybridized carbons (Fsp3) is 0.100. The Morgan fingerprint density at radius 1 is 1.14 bits per heavy atom. The summed E-state index contributed by atoms with van der Waals surface area (Å²) in [5.74, 6) is -0.997. The molecule has 0 aliphatic heterocycles. The number of nitrogens with zero attached hydrogens (tertiary/aromatic N) is 2. The van der Waals surface area contributed by atoms with Gasteiger partial charge in [0.05, 0.1) is 18.3 Å². The van der Waals surface area contributed by atoms with Crippen molar-refractivity contribution in [3.05, 3.63) is 70.5 Å². The number of amides is 1. The minimum atomic E-state index is -1.07. The lowest BCUT2D eigenvalue weighted by Crippen LogP contribution is -2.19. The summed E-state index contributed by atoms with van der Waals surface area (Å²) in [6, 6.07) is 16.6. The van der Waals surface area contributed by atoms with Gasteiger partial charge < -0.3 is 9.84 Å². The molecule has 1 amide bonds. The van der Waals surface area contributed by atoms with E-state index < -0.39 is 12.6 Å². The molecule has 0 aliphatic carbocycles. The molecule has 0 fully saturated rings. The van der Waals surface area contributed by atoms with Gasteiger partial charge in [0, 0.05) is 16.5 Å². The largest absolute Gasteiger partial charge is 0.481 e. The van der Waals surface area contributed by atoms with Gasteiger partial charge in [0.25, 0.3) is 0 Å². The molecule has 3 aromatic rings. The average molecular weight is 395 g/mol. The van der Waals surface area contributed by atoms with E-state index in [-0.39, 0.29) is 12.3 Å². The molecule has 28 heavy (non-hydrogen) atoms. The summed E-state index contributed by atoms with van der Waals surface area (Å²) in [6.07, 6.45) is 1.53. The summed E-state index contributed by atoms with van der Waals surface area (Å²) < 4.78 is 5.18. The molecule has 0 bridgehead atoms. The number of carbonyl (C=O) groups excluding carboxylic acids is 1. The zero-order valence-corrected chi connectivity index (χ0v) is 15.6. The quantitative estimate of drug-likeness (QED) is 0.451. The third-order valence-electron chi connectivity index (χ3n) is 3.60. The molecule has 8 heteroatoms. The van der Waals surface area contributed by atoms with Crippen LogP contribution in [0.2, 0.25) is 0 Å². The van der Waals surface area contributed by atoms with Crippen LogP contribution in [-0.2, 0) is 16.0 Å². The lowest BCUT2D eigenvalue weighted by molar-refractivity contribution is -0.139. The summed E-state index contributed by atoms with van der Waals surface area (Å²) >= 11 is 1.41. The molecular weight excluding hydrogens is 378 g/mol. The van der Waals surface area contributed by atoms with Gasteiger partial charge in [-0.25, -0.2) is 15.2 Å². The molecule has 0 atom stereocenters. The second kappa shape index (κ2) is 9.43. The number of benzene rings is 2. The summed E-state index contributed by atoms with van der Waals surface area (Å²) in [5.41, 5.74) is 4.84. The van der Waals surface area contributed by atoms with Crippen LogP contribution in [0.4, 0.5) is 0 Å². The highest BCUT2D eigenvalue weighted by Gasteiger charge is 2.09. The van der Waals surface area contributed by atoms with Crippen molar-refractivity contribution in [2.24, 2.45) is 5.10 Å². The first-order valence-electron chi connectivity index (χ1n) is 8.37.